The number of aromatic nitrogens is 1. The van der Waals surface area contributed by atoms with E-state index in [1.807, 2.05) is 0 Å². The number of aryl methyl sites for hydroxylation is 1. The maximum atomic E-state index is 13.1. The summed E-state index contributed by atoms with van der Waals surface area (Å²) in [6, 6.07) is 6.93. The number of nitrogens with zero attached hydrogens (tertiary/aromatic N) is 1. The molecule has 2 rings (SSSR count). The highest BCUT2D eigenvalue weighted by Gasteiger charge is 2.09. The standard InChI is InChI=1S/C12H8Cl2FN/c1-7-5-11(16-6-10(7)15)8-3-2-4-9(13)12(8)14/h2-6H,1H3. The smallest absolute Gasteiger partial charge is 0.144 e. The lowest BCUT2D eigenvalue weighted by molar-refractivity contribution is 0.612. The van der Waals surface area contributed by atoms with Gasteiger partial charge in [-0.1, -0.05) is 35.3 Å². The van der Waals surface area contributed by atoms with Gasteiger partial charge in [-0.05, 0) is 24.6 Å². The van der Waals surface area contributed by atoms with Crippen LogP contribution in [0.15, 0.2) is 30.5 Å². The fourth-order valence-electron chi connectivity index (χ4n) is 1.39. The van der Waals surface area contributed by atoms with Crippen LogP contribution in [-0.4, -0.2) is 4.98 Å². The lowest BCUT2D eigenvalue weighted by Crippen LogP contribution is -1.90. The van der Waals surface area contributed by atoms with Crippen molar-refractivity contribution in [1.29, 1.82) is 0 Å². The number of hydrogen-bond donors (Lipinski definition) is 0. The van der Waals surface area contributed by atoms with Crippen LogP contribution in [0.5, 0.6) is 0 Å². The first-order chi connectivity index (χ1) is 7.59. The van der Waals surface area contributed by atoms with Gasteiger partial charge in [0.25, 0.3) is 0 Å². The molecular weight excluding hydrogens is 248 g/mol. The van der Waals surface area contributed by atoms with Gasteiger partial charge in [0.05, 0.1) is 21.9 Å². The number of benzene rings is 1. The summed E-state index contributed by atoms with van der Waals surface area (Å²) < 4.78 is 13.1. The molecule has 1 aromatic heterocycles. The molecule has 0 N–H and O–H groups in total. The van der Waals surface area contributed by atoms with Gasteiger partial charge in [-0.3, -0.25) is 4.98 Å². The van der Waals surface area contributed by atoms with Gasteiger partial charge in [0.2, 0.25) is 0 Å². The van der Waals surface area contributed by atoms with Crippen molar-refractivity contribution in [2.24, 2.45) is 0 Å². The lowest BCUT2D eigenvalue weighted by Gasteiger charge is -2.06. The normalized spacial score (nSPS) is 10.5. The predicted molar refractivity (Wildman–Crippen MR) is 64.4 cm³/mol. The Labute approximate surface area is 103 Å². The van der Waals surface area contributed by atoms with Crippen molar-refractivity contribution >= 4 is 23.2 Å². The Hall–Kier alpha value is -1.12. The van der Waals surface area contributed by atoms with Gasteiger partial charge in [0.1, 0.15) is 5.82 Å². The summed E-state index contributed by atoms with van der Waals surface area (Å²) in [5.74, 6) is -0.332. The number of rotatable bonds is 1. The van der Waals surface area contributed by atoms with Gasteiger partial charge in [-0.25, -0.2) is 4.39 Å². The number of hydrogen-bond acceptors (Lipinski definition) is 1. The van der Waals surface area contributed by atoms with Crippen LogP contribution in [0.25, 0.3) is 11.3 Å². The first kappa shape index (κ1) is 11.4. The van der Waals surface area contributed by atoms with Crippen molar-refractivity contribution in [2.75, 3.05) is 0 Å². The molecule has 0 unspecified atom stereocenters. The fourth-order valence-corrected chi connectivity index (χ4v) is 1.79. The second-order valence-corrected chi connectivity index (χ2v) is 4.21. The fraction of sp³-hybridized carbons (Fsp3) is 0.0833. The summed E-state index contributed by atoms with van der Waals surface area (Å²) in [6.45, 7) is 1.68. The van der Waals surface area contributed by atoms with Crippen LogP contribution in [0.3, 0.4) is 0 Å². The topological polar surface area (TPSA) is 12.9 Å². The van der Waals surface area contributed by atoms with Gasteiger partial charge >= 0.3 is 0 Å². The molecule has 16 heavy (non-hydrogen) atoms. The van der Waals surface area contributed by atoms with Crippen molar-refractivity contribution in [2.45, 2.75) is 6.92 Å². The van der Waals surface area contributed by atoms with Gasteiger partial charge in [-0.15, -0.1) is 0 Å². The van der Waals surface area contributed by atoms with Crippen LogP contribution >= 0.6 is 23.2 Å². The molecular formula is C12H8Cl2FN. The Morgan fingerprint density at radius 3 is 2.69 bits per heavy atom. The predicted octanol–water partition coefficient (Wildman–Crippen LogP) is 4.50. The van der Waals surface area contributed by atoms with Crippen molar-refractivity contribution in [3.05, 3.63) is 51.9 Å². The molecule has 0 amide bonds. The summed E-state index contributed by atoms with van der Waals surface area (Å²) in [5.41, 5.74) is 1.85. The minimum atomic E-state index is -0.332. The van der Waals surface area contributed by atoms with E-state index in [1.165, 1.54) is 6.20 Å². The molecule has 0 radical (unpaired) electrons. The lowest BCUT2D eigenvalue weighted by atomic mass is 10.1. The van der Waals surface area contributed by atoms with Gasteiger partial charge in [0.15, 0.2) is 0 Å². The molecule has 0 aliphatic rings. The van der Waals surface area contributed by atoms with Crippen molar-refractivity contribution in [3.8, 4) is 11.3 Å². The largest absolute Gasteiger partial charge is 0.253 e. The Bertz CT molecular complexity index is 541. The van der Waals surface area contributed by atoms with Gasteiger partial charge in [-0.2, -0.15) is 0 Å². The molecule has 2 aromatic rings. The van der Waals surface area contributed by atoms with E-state index in [0.717, 1.165) is 0 Å². The summed E-state index contributed by atoms with van der Waals surface area (Å²) in [7, 11) is 0. The molecule has 0 atom stereocenters. The molecule has 0 spiro atoms. The van der Waals surface area contributed by atoms with Crippen molar-refractivity contribution < 1.29 is 4.39 Å². The SMILES string of the molecule is Cc1cc(-c2cccc(Cl)c2Cl)ncc1F. The maximum Gasteiger partial charge on any atom is 0.144 e. The van der Waals surface area contributed by atoms with Crippen LogP contribution in [0.2, 0.25) is 10.0 Å². The van der Waals surface area contributed by atoms with E-state index in [1.54, 1.807) is 31.2 Å². The monoisotopic (exact) mass is 255 g/mol. The Balaban J connectivity index is 2.59. The summed E-state index contributed by atoms with van der Waals surface area (Å²) in [6.07, 6.45) is 1.18. The van der Waals surface area contributed by atoms with E-state index in [9.17, 15) is 4.39 Å². The van der Waals surface area contributed by atoms with Crippen LogP contribution in [0.4, 0.5) is 4.39 Å². The summed E-state index contributed by atoms with van der Waals surface area (Å²) >= 11 is 12.0. The Kier molecular flexibility index (Phi) is 3.13. The zero-order valence-electron chi connectivity index (χ0n) is 8.47. The highest BCUT2D eigenvalue weighted by Crippen LogP contribution is 2.32. The molecule has 0 saturated carbocycles. The third kappa shape index (κ3) is 2.04. The zero-order chi connectivity index (χ0) is 11.7. The van der Waals surface area contributed by atoms with Gasteiger partial charge < -0.3 is 0 Å². The van der Waals surface area contributed by atoms with E-state index in [4.69, 9.17) is 23.2 Å². The van der Waals surface area contributed by atoms with Crippen molar-refractivity contribution in [1.82, 2.24) is 4.98 Å². The van der Waals surface area contributed by atoms with Gasteiger partial charge in [0, 0.05) is 5.56 Å². The zero-order valence-corrected chi connectivity index (χ0v) is 9.98. The minimum Gasteiger partial charge on any atom is -0.253 e. The molecule has 0 bridgehead atoms. The van der Waals surface area contributed by atoms with E-state index in [-0.39, 0.29) is 5.82 Å². The number of halogens is 3. The van der Waals surface area contributed by atoms with E-state index < -0.39 is 0 Å². The molecule has 4 heteroatoms. The Morgan fingerprint density at radius 2 is 2.00 bits per heavy atom. The molecule has 0 aliphatic heterocycles. The second kappa shape index (κ2) is 4.40. The summed E-state index contributed by atoms with van der Waals surface area (Å²) in [4.78, 5) is 3.99. The third-order valence-electron chi connectivity index (χ3n) is 2.27. The average molecular weight is 256 g/mol. The molecule has 0 aliphatic carbocycles. The molecule has 0 saturated heterocycles. The molecule has 1 heterocycles. The minimum absolute atomic E-state index is 0.332. The summed E-state index contributed by atoms with van der Waals surface area (Å²) in [5, 5.41) is 0.894. The van der Waals surface area contributed by atoms with Crippen LogP contribution < -0.4 is 0 Å². The van der Waals surface area contributed by atoms with E-state index >= 15 is 0 Å². The molecule has 1 aromatic carbocycles. The first-order valence-electron chi connectivity index (χ1n) is 4.66. The Morgan fingerprint density at radius 1 is 1.25 bits per heavy atom. The highest BCUT2D eigenvalue weighted by atomic mass is 35.5. The molecule has 82 valence electrons. The average Bonchev–Trinajstić information content (AvgIpc) is 2.26. The van der Waals surface area contributed by atoms with E-state index in [0.29, 0.717) is 26.9 Å². The second-order valence-electron chi connectivity index (χ2n) is 3.42. The first-order valence-corrected chi connectivity index (χ1v) is 5.41. The van der Waals surface area contributed by atoms with E-state index in [2.05, 4.69) is 4.98 Å². The van der Waals surface area contributed by atoms with Crippen LogP contribution in [0.1, 0.15) is 5.56 Å². The van der Waals surface area contributed by atoms with Crippen molar-refractivity contribution in [3.63, 3.8) is 0 Å². The third-order valence-corrected chi connectivity index (χ3v) is 3.09. The quantitative estimate of drug-likeness (QED) is 0.731. The molecule has 1 nitrogen and oxygen atoms in total. The van der Waals surface area contributed by atoms with Crippen LogP contribution in [-0.2, 0) is 0 Å². The highest BCUT2D eigenvalue weighted by molar-refractivity contribution is 6.43. The maximum absolute atomic E-state index is 13.1. The van der Waals surface area contributed by atoms with Crippen LogP contribution in [0, 0.1) is 12.7 Å². The number of pyridine rings is 1. The molecule has 0 fully saturated rings.